The van der Waals surface area contributed by atoms with E-state index < -0.39 is 0 Å². The van der Waals surface area contributed by atoms with E-state index in [1.54, 1.807) is 0 Å². The van der Waals surface area contributed by atoms with Crippen molar-refractivity contribution >= 4 is 17.2 Å². The van der Waals surface area contributed by atoms with Gasteiger partial charge in [0.15, 0.2) is 0 Å². The third-order valence-electron chi connectivity index (χ3n) is 3.58. The number of aromatic nitrogens is 1. The largest absolute Gasteiger partial charge is 0.493 e. The fourth-order valence-corrected chi connectivity index (χ4v) is 3.26. The molecule has 5 nitrogen and oxygen atoms in total. The van der Waals surface area contributed by atoms with Crippen molar-refractivity contribution in [1.82, 2.24) is 10.5 Å². The number of thiazole rings is 1. The molecule has 6 heteroatoms. The third kappa shape index (κ3) is 4.91. The zero-order valence-electron chi connectivity index (χ0n) is 14.5. The first-order valence-corrected chi connectivity index (χ1v) is 9.25. The van der Waals surface area contributed by atoms with Crippen molar-refractivity contribution in [2.45, 2.75) is 20.0 Å². The van der Waals surface area contributed by atoms with Crippen LogP contribution in [0.15, 0.2) is 60.0 Å². The second kappa shape index (κ2) is 9.12. The van der Waals surface area contributed by atoms with Crippen LogP contribution in [-0.2, 0) is 22.7 Å². The summed E-state index contributed by atoms with van der Waals surface area (Å²) in [7, 11) is 0. The van der Waals surface area contributed by atoms with Gasteiger partial charge in [0.25, 0.3) is 0 Å². The molecule has 134 valence electrons. The third-order valence-corrected chi connectivity index (χ3v) is 4.50. The van der Waals surface area contributed by atoms with E-state index in [0.717, 1.165) is 21.9 Å². The van der Waals surface area contributed by atoms with E-state index in [1.165, 1.54) is 11.3 Å². The molecular formula is C20H20N2O3S. The predicted molar refractivity (Wildman–Crippen MR) is 102 cm³/mol. The maximum atomic E-state index is 12.0. The van der Waals surface area contributed by atoms with Crippen LogP contribution in [-0.4, -0.2) is 17.5 Å². The van der Waals surface area contributed by atoms with E-state index >= 15 is 0 Å². The van der Waals surface area contributed by atoms with E-state index in [9.17, 15) is 4.79 Å². The summed E-state index contributed by atoms with van der Waals surface area (Å²) in [5, 5.41) is 2.72. The van der Waals surface area contributed by atoms with E-state index in [-0.39, 0.29) is 12.3 Å². The average molecular weight is 368 g/mol. The highest BCUT2D eigenvalue weighted by Gasteiger charge is 2.12. The molecule has 0 aliphatic heterocycles. The highest BCUT2D eigenvalue weighted by atomic mass is 32.1. The summed E-state index contributed by atoms with van der Waals surface area (Å²) in [6.45, 7) is 2.87. The van der Waals surface area contributed by atoms with Gasteiger partial charge in [-0.3, -0.25) is 9.63 Å². The number of hydrogen-bond acceptors (Lipinski definition) is 5. The molecule has 1 heterocycles. The maximum Gasteiger partial charge on any atom is 0.249 e. The Morgan fingerprint density at radius 3 is 2.69 bits per heavy atom. The highest BCUT2D eigenvalue weighted by Crippen LogP contribution is 2.32. The Morgan fingerprint density at radius 1 is 1.12 bits per heavy atom. The average Bonchev–Trinajstić information content (AvgIpc) is 3.11. The van der Waals surface area contributed by atoms with Crippen LogP contribution in [0.1, 0.15) is 18.2 Å². The molecule has 0 saturated carbocycles. The van der Waals surface area contributed by atoms with Gasteiger partial charge < -0.3 is 4.74 Å². The number of hydrogen-bond donors (Lipinski definition) is 1. The molecule has 3 aromatic rings. The van der Waals surface area contributed by atoms with Gasteiger partial charge in [-0.05, 0) is 24.6 Å². The van der Waals surface area contributed by atoms with Gasteiger partial charge in [-0.25, -0.2) is 10.5 Å². The molecule has 3 rings (SSSR count). The van der Waals surface area contributed by atoms with Crippen molar-refractivity contribution in [3.05, 3.63) is 71.2 Å². The van der Waals surface area contributed by atoms with E-state index in [4.69, 9.17) is 9.57 Å². The molecule has 0 bridgehead atoms. The summed E-state index contributed by atoms with van der Waals surface area (Å²) < 4.78 is 5.64. The number of carbonyl (C=O) groups excluding carboxylic acids is 1. The topological polar surface area (TPSA) is 60.5 Å². The van der Waals surface area contributed by atoms with Gasteiger partial charge in [0, 0.05) is 5.38 Å². The van der Waals surface area contributed by atoms with Crippen LogP contribution < -0.4 is 10.2 Å². The maximum absolute atomic E-state index is 12.0. The molecular weight excluding hydrogens is 348 g/mol. The first-order valence-electron chi connectivity index (χ1n) is 8.37. The molecule has 0 aliphatic carbocycles. The number of benzene rings is 2. The first kappa shape index (κ1) is 18.1. The molecule has 0 fully saturated rings. The minimum Gasteiger partial charge on any atom is -0.493 e. The molecule has 1 amide bonds. The lowest BCUT2D eigenvalue weighted by molar-refractivity contribution is -0.133. The number of ether oxygens (including phenoxy) is 1. The summed E-state index contributed by atoms with van der Waals surface area (Å²) >= 11 is 1.49. The monoisotopic (exact) mass is 368 g/mol. The number of nitrogens with one attached hydrogen (secondary N) is 1. The summed E-state index contributed by atoms with van der Waals surface area (Å²) in [6.07, 6.45) is 0.169. The van der Waals surface area contributed by atoms with Crippen molar-refractivity contribution < 1.29 is 14.4 Å². The molecule has 0 spiro atoms. The van der Waals surface area contributed by atoms with Crippen molar-refractivity contribution in [3.63, 3.8) is 0 Å². The van der Waals surface area contributed by atoms with Crippen LogP contribution in [0.25, 0.3) is 10.6 Å². The van der Waals surface area contributed by atoms with Crippen LogP contribution in [0.5, 0.6) is 5.75 Å². The van der Waals surface area contributed by atoms with Crippen LogP contribution in [0.4, 0.5) is 0 Å². The van der Waals surface area contributed by atoms with Crippen LogP contribution in [0.3, 0.4) is 0 Å². The number of nitrogens with zero attached hydrogens (tertiary/aromatic N) is 1. The van der Waals surface area contributed by atoms with Gasteiger partial charge in [-0.15, -0.1) is 11.3 Å². The van der Waals surface area contributed by atoms with Gasteiger partial charge >= 0.3 is 0 Å². The van der Waals surface area contributed by atoms with Crippen LogP contribution >= 0.6 is 11.3 Å². The number of rotatable bonds is 8. The SMILES string of the molecule is CCOc1ccccc1-c1nc(CC(=O)NOCc2ccccc2)cs1. The summed E-state index contributed by atoms with van der Waals surface area (Å²) in [6, 6.07) is 17.4. The lowest BCUT2D eigenvalue weighted by atomic mass is 10.2. The number of amides is 1. The highest BCUT2D eigenvalue weighted by molar-refractivity contribution is 7.13. The lowest BCUT2D eigenvalue weighted by Gasteiger charge is -2.07. The summed E-state index contributed by atoms with van der Waals surface area (Å²) in [5.74, 6) is 0.572. The second-order valence-corrected chi connectivity index (χ2v) is 6.41. The number of para-hydroxylation sites is 1. The van der Waals surface area contributed by atoms with Crippen LogP contribution in [0.2, 0.25) is 0 Å². The normalized spacial score (nSPS) is 10.5. The lowest BCUT2D eigenvalue weighted by Crippen LogP contribution is -2.25. The Balaban J connectivity index is 1.56. The molecule has 0 saturated heterocycles. The quantitative estimate of drug-likeness (QED) is 0.611. The van der Waals surface area contributed by atoms with Gasteiger partial charge in [-0.1, -0.05) is 42.5 Å². The van der Waals surface area contributed by atoms with Crippen molar-refractivity contribution in [3.8, 4) is 16.3 Å². The Hall–Kier alpha value is -2.70. The smallest absolute Gasteiger partial charge is 0.249 e. The van der Waals surface area contributed by atoms with Gasteiger partial charge in [-0.2, -0.15) is 0 Å². The zero-order valence-corrected chi connectivity index (χ0v) is 15.3. The molecule has 1 aromatic heterocycles. The Morgan fingerprint density at radius 2 is 1.88 bits per heavy atom. The minimum absolute atomic E-state index is 0.169. The number of hydroxylamine groups is 1. The standard InChI is InChI=1S/C20H20N2O3S/c1-2-24-18-11-7-6-10-17(18)20-21-16(14-26-20)12-19(23)22-25-13-15-8-4-3-5-9-15/h3-11,14H,2,12-13H2,1H3,(H,22,23). The van der Waals surface area contributed by atoms with E-state index in [1.807, 2.05) is 66.9 Å². The van der Waals surface area contributed by atoms with Crippen molar-refractivity contribution in [2.75, 3.05) is 6.61 Å². The molecule has 0 radical (unpaired) electrons. The Labute approximate surface area is 156 Å². The van der Waals surface area contributed by atoms with Crippen LogP contribution in [0, 0.1) is 0 Å². The molecule has 0 aliphatic rings. The van der Waals surface area contributed by atoms with E-state index in [2.05, 4.69) is 10.5 Å². The van der Waals surface area contributed by atoms with Crippen molar-refractivity contribution in [2.24, 2.45) is 0 Å². The fourth-order valence-electron chi connectivity index (χ4n) is 2.41. The molecule has 2 aromatic carbocycles. The second-order valence-electron chi connectivity index (χ2n) is 5.55. The zero-order chi connectivity index (χ0) is 18.2. The molecule has 1 N–H and O–H groups in total. The van der Waals surface area contributed by atoms with Crippen molar-refractivity contribution in [1.29, 1.82) is 0 Å². The predicted octanol–water partition coefficient (Wildman–Crippen LogP) is 4.00. The molecule has 26 heavy (non-hydrogen) atoms. The summed E-state index contributed by atoms with van der Waals surface area (Å²) in [4.78, 5) is 21.8. The first-order chi connectivity index (χ1) is 12.8. The van der Waals surface area contributed by atoms with Gasteiger partial charge in [0.05, 0.1) is 30.9 Å². The van der Waals surface area contributed by atoms with Gasteiger partial charge in [0.2, 0.25) is 5.91 Å². The molecule has 0 atom stereocenters. The Kier molecular flexibility index (Phi) is 6.35. The molecule has 0 unspecified atom stereocenters. The fraction of sp³-hybridized carbons (Fsp3) is 0.200. The minimum atomic E-state index is -0.226. The number of carbonyl (C=O) groups is 1. The Bertz CT molecular complexity index is 849. The van der Waals surface area contributed by atoms with E-state index in [0.29, 0.717) is 18.9 Å². The summed E-state index contributed by atoms with van der Waals surface area (Å²) in [5.41, 5.74) is 5.10. The van der Waals surface area contributed by atoms with Gasteiger partial charge in [0.1, 0.15) is 10.8 Å².